The molecular weight excluding hydrogens is 304 g/mol. The minimum absolute atomic E-state index is 0.0454. The normalized spacial score (nSPS) is 12.2. The van der Waals surface area contributed by atoms with Crippen LogP contribution in [0, 0.1) is 5.92 Å². The van der Waals surface area contributed by atoms with Gasteiger partial charge in [0.15, 0.2) is 12.0 Å². The Morgan fingerprint density at radius 3 is 2.64 bits per heavy atom. The SMILES string of the molecule is C/C=C\C=C(\Cn1nc(C(=O)OCC)c(C=O)c1Cl)C(C)C. The number of nitrogens with zero attached hydrogens (tertiary/aromatic N) is 2. The molecule has 1 aromatic rings. The molecule has 5 nitrogen and oxygen atoms in total. The Morgan fingerprint density at radius 2 is 2.14 bits per heavy atom. The lowest BCUT2D eigenvalue weighted by Crippen LogP contribution is -2.10. The van der Waals surface area contributed by atoms with E-state index in [0.717, 1.165) is 5.57 Å². The molecular formula is C16H21ClN2O3. The average Bonchev–Trinajstić information content (AvgIpc) is 2.79. The van der Waals surface area contributed by atoms with E-state index in [-0.39, 0.29) is 28.9 Å². The second-order valence-corrected chi connectivity index (χ2v) is 5.33. The molecule has 1 heterocycles. The van der Waals surface area contributed by atoms with E-state index in [1.807, 2.05) is 25.2 Å². The molecule has 0 radical (unpaired) electrons. The molecule has 120 valence electrons. The topological polar surface area (TPSA) is 61.2 Å². The van der Waals surface area contributed by atoms with Crippen LogP contribution >= 0.6 is 11.6 Å². The summed E-state index contributed by atoms with van der Waals surface area (Å²) in [6, 6.07) is 0. The van der Waals surface area contributed by atoms with Crippen molar-refractivity contribution >= 4 is 23.9 Å². The Morgan fingerprint density at radius 1 is 1.45 bits per heavy atom. The maximum atomic E-state index is 11.8. The monoisotopic (exact) mass is 324 g/mol. The summed E-state index contributed by atoms with van der Waals surface area (Å²) in [5, 5.41) is 4.29. The number of ether oxygens (including phenoxy) is 1. The second-order valence-electron chi connectivity index (χ2n) is 4.97. The zero-order valence-corrected chi connectivity index (χ0v) is 14.1. The first-order valence-electron chi connectivity index (χ1n) is 7.16. The Balaban J connectivity index is 3.20. The predicted molar refractivity (Wildman–Crippen MR) is 86.3 cm³/mol. The Labute approximate surface area is 135 Å². The zero-order chi connectivity index (χ0) is 16.7. The van der Waals surface area contributed by atoms with Crippen LogP contribution in [0.1, 0.15) is 48.5 Å². The fraction of sp³-hybridized carbons (Fsp3) is 0.438. The molecule has 1 rings (SSSR count). The molecule has 0 aliphatic rings. The van der Waals surface area contributed by atoms with E-state index in [4.69, 9.17) is 16.3 Å². The van der Waals surface area contributed by atoms with Crippen LogP contribution in [0.3, 0.4) is 0 Å². The lowest BCUT2D eigenvalue weighted by molar-refractivity contribution is 0.0516. The zero-order valence-electron chi connectivity index (χ0n) is 13.3. The van der Waals surface area contributed by atoms with Crippen LogP contribution in [-0.4, -0.2) is 28.6 Å². The number of halogens is 1. The summed E-state index contributed by atoms with van der Waals surface area (Å²) < 4.78 is 6.35. The fourth-order valence-electron chi connectivity index (χ4n) is 1.84. The van der Waals surface area contributed by atoms with Gasteiger partial charge in [-0.05, 0) is 25.3 Å². The van der Waals surface area contributed by atoms with Crippen molar-refractivity contribution in [3.05, 3.63) is 40.2 Å². The van der Waals surface area contributed by atoms with Gasteiger partial charge in [0.05, 0.1) is 18.7 Å². The number of rotatable bonds is 7. The summed E-state index contributed by atoms with van der Waals surface area (Å²) in [6.07, 6.45) is 6.36. The van der Waals surface area contributed by atoms with Crippen LogP contribution in [0.2, 0.25) is 5.15 Å². The molecule has 0 aliphatic heterocycles. The molecule has 22 heavy (non-hydrogen) atoms. The third kappa shape index (κ3) is 4.31. The van der Waals surface area contributed by atoms with Gasteiger partial charge in [-0.15, -0.1) is 0 Å². The van der Waals surface area contributed by atoms with Crippen molar-refractivity contribution in [2.45, 2.75) is 34.2 Å². The highest BCUT2D eigenvalue weighted by molar-refractivity contribution is 6.32. The lowest BCUT2D eigenvalue weighted by Gasteiger charge is -2.11. The average molecular weight is 325 g/mol. The number of aldehydes is 1. The van der Waals surface area contributed by atoms with Crippen molar-refractivity contribution in [3.8, 4) is 0 Å². The molecule has 6 heteroatoms. The number of carbonyl (C=O) groups excluding carboxylic acids is 2. The highest BCUT2D eigenvalue weighted by atomic mass is 35.5. The van der Waals surface area contributed by atoms with Gasteiger partial charge >= 0.3 is 5.97 Å². The molecule has 0 saturated heterocycles. The van der Waals surface area contributed by atoms with Gasteiger partial charge in [-0.1, -0.05) is 43.7 Å². The van der Waals surface area contributed by atoms with Crippen LogP contribution < -0.4 is 0 Å². The molecule has 0 saturated carbocycles. The van der Waals surface area contributed by atoms with E-state index in [0.29, 0.717) is 12.8 Å². The number of hydrogen-bond donors (Lipinski definition) is 0. The molecule has 0 unspecified atom stereocenters. The molecule has 1 aromatic heterocycles. The Hall–Kier alpha value is -1.88. The fourth-order valence-corrected chi connectivity index (χ4v) is 2.07. The summed E-state index contributed by atoms with van der Waals surface area (Å²) in [4.78, 5) is 23.0. The standard InChI is InChI=1S/C16H21ClN2O3/c1-5-7-8-12(11(3)4)9-19-15(17)13(10-20)14(18-19)16(21)22-6-2/h5,7-8,10-11H,6,9H2,1-4H3/b7-5-,12-8-. The van der Waals surface area contributed by atoms with Crippen molar-refractivity contribution in [2.24, 2.45) is 5.92 Å². The van der Waals surface area contributed by atoms with Crippen molar-refractivity contribution in [2.75, 3.05) is 6.61 Å². The number of esters is 1. The van der Waals surface area contributed by atoms with Crippen molar-refractivity contribution in [1.29, 1.82) is 0 Å². The van der Waals surface area contributed by atoms with Crippen molar-refractivity contribution < 1.29 is 14.3 Å². The van der Waals surface area contributed by atoms with E-state index < -0.39 is 5.97 Å². The number of aromatic nitrogens is 2. The maximum absolute atomic E-state index is 11.8. The summed E-state index contributed by atoms with van der Waals surface area (Å²) in [6.45, 7) is 8.34. The number of hydrogen-bond acceptors (Lipinski definition) is 4. The Bertz CT molecular complexity index is 601. The number of allylic oxidation sites excluding steroid dienone is 4. The van der Waals surface area contributed by atoms with Crippen LogP contribution in [0.15, 0.2) is 23.8 Å². The van der Waals surface area contributed by atoms with E-state index in [2.05, 4.69) is 18.9 Å². The molecule has 0 aromatic carbocycles. The summed E-state index contributed by atoms with van der Waals surface area (Å²) in [7, 11) is 0. The van der Waals surface area contributed by atoms with E-state index in [1.54, 1.807) is 6.92 Å². The molecule has 0 atom stereocenters. The molecule has 0 bridgehead atoms. The van der Waals surface area contributed by atoms with Crippen molar-refractivity contribution in [3.63, 3.8) is 0 Å². The van der Waals surface area contributed by atoms with E-state index in [1.165, 1.54) is 4.68 Å². The van der Waals surface area contributed by atoms with Gasteiger partial charge in [-0.2, -0.15) is 5.10 Å². The van der Waals surface area contributed by atoms with Crippen LogP contribution in [0.5, 0.6) is 0 Å². The van der Waals surface area contributed by atoms with Crippen LogP contribution in [-0.2, 0) is 11.3 Å². The molecule has 0 amide bonds. The summed E-state index contributed by atoms with van der Waals surface area (Å²) >= 11 is 6.17. The van der Waals surface area contributed by atoms with Gasteiger partial charge in [0, 0.05) is 0 Å². The van der Waals surface area contributed by atoms with Gasteiger partial charge in [0.1, 0.15) is 5.15 Å². The number of carbonyl (C=O) groups is 2. The third-order valence-electron chi connectivity index (χ3n) is 3.09. The quantitative estimate of drug-likeness (QED) is 0.436. The van der Waals surface area contributed by atoms with Crippen LogP contribution in [0.25, 0.3) is 0 Å². The first-order valence-corrected chi connectivity index (χ1v) is 7.54. The largest absolute Gasteiger partial charge is 0.461 e. The maximum Gasteiger partial charge on any atom is 0.359 e. The first kappa shape index (κ1) is 18.2. The molecule has 0 spiro atoms. The van der Waals surface area contributed by atoms with Crippen LogP contribution in [0.4, 0.5) is 0 Å². The third-order valence-corrected chi connectivity index (χ3v) is 3.49. The minimum atomic E-state index is -0.645. The summed E-state index contributed by atoms with van der Waals surface area (Å²) in [5.74, 6) is -0.365. The van der Waals surface area contributed by atoms with E-state index in [9.17, 15) is 9.59 Å². The van der Waals surface area contributed by atoms with Gasteiger partial charge in [0.2, 0.25) is 0 Å². The summed E-state index contributed by atoms with van der Waals surface area (Å²) in [5.41, 5.74) is 1.10. The van der Waals surface area contributed by atoms with Gasteiger partial charge in [-0.3, -0.25) is 4.79 Å². The van der Waals surface area contributed by atoms with Crippen molar-refractivity contribution in [1.82, 2.24) is 9.78 Å². The molecule has 0 fully saturated rings. The first-order chi connectivity index (χ1) is 10.5. The van der Waals surface area contributed by atoms with Gasteiger partial charge < -0.3 is 4.74 Å². The molecule has 0 N–H and O–H groups in total. The lowest BCUT2D eigenvalue weighted by atomic mass is 10.0. The molecule has 0 aliphatic carbocycles. The highest BCUT2D eigenvalue weighted by Gasteiger charge is 2.23. The predicted octanol–water partition coefficient (Wildman–Crippen LogP) is 3.68. The highest BCUT2D eigenvalue weighted by Crippen LogP contribution is 2.22. The smallest absolute Gasteiger partial charge is 0.359 e. The Kier molecular flexibility index (Phi) is 7.05. The van der Waals surface area contributed by atoms with Gasteiger partial charge in [-0.25, -0.2) is 9.48 Å². The second kappa shape index (κ2) is 8.54. The van der Waals surface area contributed by atoms with E-state index >= 15 is 0 Å². The minimum Gasteiger partial charge on any atom is -0.461 e. The van der Waals surface area contributed by atoms with Gasteiger partial charge in [0.25, 0.3) is 0 Å².